The van der Waals surface area contributed by atoms with Gasteiger partial charge in [-0.15, -0.1) is 0 Å². The summed E-state index contributed by atoms with van der Waals surface area (Å²) < 4.78 is 4.79. The van der Waals surface area contributed by atoms with E-state index in [0.29, 0.717) is 19.0 Å². The van der Waals surface area contributed by atoms with Gasteiger partial charge in [0.25, 0.3) is 0 Å². The quantitative estimate of drug-likeness (QED) is 0.638. The van der Waals surface area contributed by atoms with Gasteiger partial charge in [0.1, 0.15) is 6.61 Å². The highest BCUT2D eigenvalue weighted by Gasteiger charge is 2.25. The summed E-state index contributed by atoms with van der Waals surface area (Å²) in [5.41, 5.74) is 0.737. The van der Waals surface area contributed by atoms with Crippen molar-refractivity contribution in [3.8, 4) is 0 Å². The van der Waals surface area contributed by atoms with Crippen LogP contribution in [0.4, 0.5) is 10.6 Å². The lowest BCUT2D eigenvalue weighted by molar-refractivity contribution is 0.181. The van der Waals surface area contributed by atoms with Crippen molar-refractivity contribution in [2.75, 3.05) is 18.1 Å². The minimum absolute atomic E-state index is 0.344. The Labute approximate surface area is 75.4 Å². The number of hydrogen-bond donors (Lipinski definition) is 0. The first-order valence-electron chi connectivity index (χ1n) is 4.01. The maximum Gasteiger partial charge on any atom is 0.415 e. The Morgan fingerprint density at radius 3 is 2.85 bits per heavy atom. The molecule has 0 saturated carbocycles. The molecule has 1 fully saturated rings. The fourth-order valence-corrected chi connectivity index (χ4v) is 1.25. The van der Waals surface area contributed by atoms with Crippen LogP contribution < -0.4 is 4.90 Å². The first kappa shape index (κ1) is 7.97. The summed E-state index contributed by atoms with van der Waals surface area (Å²) >= 11 is 0. The molecule has 13 heavy (non-hydrogen) atoms. The minimum atomic E-state index is -0.344. The van der Waals surface area contributed by atoms with Gasteiger partial charge in [0.2, 0.25) is 0 Å². The topological polar surface area (TPSA) is 55.3 Å². The van der Waals surface area contributed by atoms with E-state index in [-0.39, 0.29) is 6.09 Å². The van der Waals surface area contributed by atoms with E-state index in [0.717, 1.165) is 5.69 Å². The zero-order valence-corrected chi connectivity index (χ0v) is 7.23. The van der Waals surface area contributed by atoms with Crippen molar-refractivity contribution in [3.05, 3.63) is 18.1 Å². The van der Waals surface area contributed by atoms with Gasteiger partial charge in [0.15, 0.2) is 5.82 Å². The molecular weight excluding hydrogens is 170 g/mol. The maximum atomic E-state index is 11.2. The molecule has 5 nitrogen and oxygen atoms in total. The molecule has 1 aromatic rings. The molecule has 0 radical (unpaired) electrons. The zero-order valence-electron chi connectivity index (χ0n) is 7.23. The molecule has 1 aromatic heterocycles. The third-order valence-electron chi connectivity index (χ3n) is 1.87. The summed E-state index contributed by atoms with van der Waals surface area (Å²) in [4.78, 5) is 20.8. The number of aryl methyl sites for hydroxylation is 1. The second kappa shape index (κ2) is 3.01. The normalized spacial score (nSPS) is 16.1. The summed E-state index contributed by atoms with van der Waals surface area (Å²) in [7, 11) is 0. The van der Waals surface area contributed by atoms with E-state index in [4.69, 9.17) is 4.74 Å². The summed E-state index contributed by atoms with van der Waals surface area (Å²) in [6, 6.07) is 0. The van der Waals surface area contributed by atoms with Gasteiger partial charge in [-0.05, 0) is 6.92 Å². The smallest absolute Gasteiger partial charge is 0.415 e. The van der Waals surface area contributed by atoms with E-state index in [9.17, 15) is 4.79 Å². The van der Waals surface area contributed by atoms with Crippen LogP contribution in [0.15, 0.2) is 12.4 Å². The molecule has 0 bridgehead atoms. The van der Waals surface area contributed by atoms with E-state index >= 15 is 0 Å². The number of amides is 1. The van der Waals surface area contributed by atoms with Crippen molar-refractivity contribution in [1.82, 2.24) is 9.97 Å². The second-order valence-corrected chi connectivity index (χ2v) is 2.73. The van der Waals surface area contributed by atoms with Gasteiger partial charge in [-0.3, -0.25) is 9.88 Å². The summed E-state index contributed by atoms with van der Waals surface area (Å²) in [6.07, 6.45) is 2.82. The lowest BCUT2D eigenvalue weighted by atomic mass is 10.4. The van der Waals surface area contributed by atoms with Crippen LogP contribution in [-0.4, -0.2) is 29.2 Å². The standard InChI is InChI=1S/C8H9N3O2/c1-6-7(10-3-2-9-6)11-4-5-13-8(11)12/h2-3H,4-5H2,1H3. The SMILES string of the molecule is Cc1nccnc1N1CCOC1=O. The molecule has 2 rings (SSSR count). The summed E-state index contributed by atoms with van der Waals surface area (Å²) in [5, 5.41) is 0. The number of cyclic esters (lactones) is 1. The molecule has 68 valence electrons. The number of rotatable bonds is 1. The molecule has 5 heteroatoms. The van der Waals surface area contributed by atoms with Crippen molar-refractivity contribution >= 4 is 11.9 Å². The van der Waals surface area contributed by atoms with Crippen molar-refractivity contribution < 1.29 is 9.53 Å². The van der Waals surface area contributed by atoms with Gasteiger partial charge >= 0.3 is 6.09 Å². The molecule has 2 heterocycles. The maximum absolute atomic E-state index is 11.2. The third-order valence-corrected chi connectivity index (χ3v) is 1.87. The number of hydrogen-bond acceptors (Lipinski definition) is 4. The predicted octanol–water partition coefficient (Wildman–Crippen LogP) is 0.742. The Balaban J connectivity index is 2.34. The Hall–Kier alpha value is -1.65. The fraction of sp³-hybridized carbons (Fsp3) is 0.375. The molecule has 1 aliphatic rings. The Bertz CT molecular complexity index is 340. The van der Waals surface area contributed by atoms with Gasteiger partial charge in [-0.25, -0.2) is 9.78 Å². The third kappa shape index (κ3) is 1.32. The first-order chi connectivity index (χ1) is 6.29. The van der Waals surface area contributed by atoms with Crippen LogP contribution in [-0.2, 0) is 4.74 Å². The average molecular weight is 179 g/mol. The van der Waals surface area contributed by atoms with Crippen LogP contribution in [0, 0.1) is 6.92 Å². The van der Waals surface area contributed by atoms with Crippen LogP contribution in [0.5, 0.6) is 0 Å². The van der Waals surface area contributed by atoms with E-state index in [1.54, 1.807) is 12.4 Å². The molecule has 0 unspecified atom stereocenters. The highest BCUT2D eigenvalue weighted by Crippen LogP contribution is 2.17. The number of carbonyl (C=O) groups is 1. The highest BCUT2D eigenvalue weighted by molar-refractivity contribution is 5.88. The second-order valence-electron chi connectivity index (χ2n) is 2.73. The molecule has 0 N–H and O–H groups in total. The van der Waals surface area contributed by atoms with E-state index in [1.165, 1.54) is 4.90 Å². The van der Waals surface area contributed by atoms with Crippen molar-refractivity contribution in [2.45, 2.75) is 6.92 Å². The van der Waals surface area contributed by atoms with Gasteiger partial charge < -0.3 is 4.74 Å². The highest BCUT2D eigenvalue weighted by atomic mass is 16.6. The van der Waals surface area contributed by atoms with E-state index in [2.05, 4.69) is 9.97 Å². The van der Waals surface area contributed by atoms with Crippen molar-refractivity contribution in [1.29, 1.82) is 0 Å². The molecule has 0 spiro atoms. The van der Waals surface area contributed by atoms with Crippen LogP contribution in [0.25, 0.3) is 0 Å². The van der Waals surface area contributed by atoms with Crippen LogP contribution in [0.3, 0.4) is 0 Å². The fourth-order valence-electron chi connectivity index (χ4n) is 1.25. The summed E-state index contributed by atoms with van der Waals surface area (Å²) in [5.74, 6) is 0.588. The van der Waals surface area contributed by atoms with Crippen LogP contribution in [0.1, 0.15) is 5.69 Å². The number of aromatic nitrogens is 2. The van der Waals surface area contributed by atoms with E-state index in [1.807, 2.05) is 6.92 Å². The van der Waals surface area contributed by atoms with Crippen molar-refractivity contribution in [2.24, 2.45) is 0 Å². The Morgan fingerprint density at radius 2 is 2.23 bits per heavy atom. The molecule has 1 aliphatic heterocycles. The number of ether oxygens (including phenoxy) is 1. The van der Waals surface area contributed by atoms with Gasteiger partial charge in [0.05, 0.1) is 12.2 Å². The van der Waals surface area contributed by atoms with Crippen LogP contribution in [0.2, 0.25) is 0 Å². The monoisotopic (exact) mass is 179 g/mol. The van der Waals surface area contributed by atoms with Gasteiger partial charge in [-0.1, -0.05) is 0 Å². The van der Waals surface area contributed by atoms with E-state index < -0.39 is 0 Å². The minimum Gasteiger partial charge on any atom is -0.447 e. The predicted molar refractivity (Wildman–Crippen MR) is 45.5 cm³/mol. The molecule has 1 amide bonds. The number of carbonyl (C=O) groups excluding carboxylic acids is 1. The Morgan fingerprint density at radius 1 is 1.46 bits per heavy atom. The van der Waals surface area contributed by atoms with Gasteiger partial charge in [-0.2, -0.15) is 0 Å². The molecular formula is C8H9N3O2. The molecule has 0 aliphatic carbocycles. The molecule has 0 aromatic carbocycles. The van der Waals surface area contributed by atoms with Gasteiger partial charge in [0, 0.05) is 12.4 Å². The number of nitrogens with zero attached hydrogens (tertiary/aromatic N) is 3. The van der Waals surface area contributed by atoms with Crippen molar-refractivity contribution in [3.63, 3.8) is 0 Å². The molecule has 1 saturated heterocycles. The largest absolute Gasteiger partial charge is 0.447 e. The zero-order chi connectivity index (χ0) is 9.26. The lowest BCUT2D eigenvalue weighted by Crippen LogP contribution is -2.25. The molecule has 0 atom stereocenters. The Kier molecular flexibility index (Phi) is 1.84. The first-order valence-corrected chi connectivity index (χ1v) is 4.01. The van der Waals surface area contributed by atoms with Crippen LogP contribution >= 0.6 is 0 Å². The average Bonchev–Trinajstić information content (AvgIpc) is 2.52. The lowest BCUT2D eigenvalue weighted by Gasteiger charge is -2.12. The summed E-state index contributed by atoms with van der Waals surface area (Å²) in [6.45, 7) is 2.79. The number of anilines is 1.